The fourth-order valence-electron chi connectivity index (χ4n) is 2.17. The van der Waals surface area contributed by atoms with E-state index >= 15 is 0 Å². The molecule has 1 rings (SSSR count). The summed E-state index contributed by atoms with van der Waals surface area (Å²) in [6, 6.07) is 6.26. The van der Waals surface area contributed by atoms with Crippen LogP contribution in [0.5, 0.6) is 0 Å². The van der Waals surface area contributed by atoms with Crippen LogP contribution in [-0.4, -0.2) is 18.3 Å². The molecule has 0 saturated carbocycles. The van der Waals surface area contributed by atoms with Gasteiger partial charge in [0.2, 0.25) is 0 Å². The first kappa shape index (κ1) is 15.6. The molecule has 104 valence electrons. The molecule has 0 aliphatic heterocycles. The third kappa shape index (κ3) is 5.37. The molecule has 4 heteroatoms. The highest BCUT2D eigenvalue weighted by molar-refractivity contribution is 5.37. The van der Waals surface area contributed by atoms with Crippen LogP contribution in [-0.2, 0) is 6.54 Å². The maximum Gasteiger partial charge on any atom is 0.123 e. The van der Waals surface area contributed by atoms with E-state index in [2.05, 4.69) is 18.3 Å². The lowest BCUT2D eigenvalue weighted by Gasteiger charge is -2.16. The number of hydrogen-bond acceptors (Lipinski definition) is 3. The van der Waals surface area contributed by atoms with Crippen molar-refractivity contribution in [3.8, 4) is 6.07 Å². The first-order valence-electron chi connectivity index (χ1n) is 6.71. The highest BCUT2D eigenvalue weighted by Gasteiger charge is 2.08. The second kappa shape index (κ2) is 8.63. The van der Waals surface area contributed by atoms with Crippen molar-refractivity contribution in [1.82, 2.24) is 5.32 Å². The van der Waals surface area contributed by atoms with Crippen molar-refractivity contribution in [2.45, 2.75) is 32.7 Å². The number of benzene rings is 1. The molecule has 3 nitrogen and oxygen atoms in total. The average molecular weight is 264 g/mol. The lowest BCUT2D eigenvalue weighted by Crippen LogP contribution is -2.23. The normalized spacial score (nSPS) is 12.1. The van der Waals surface area contributed by atoms with Crippen molar-refractivity contribution in [2.24, 2.45) is 5.92 Å². The summed E-state index contributed by atoms with van der Waals surface area (Å²) in [7, 11) is 0. The molecule has 0 radical (unpaired) electrons. The van der Waals surface area contributed by atoms with E-state index in [-0.39, 0.29) is 12.4 Å². The molecule has 0 spiro atoms. The number of aliphatic hydroxyl groups excluding tert-OH is 1. The molecule has 0 bridgehead atoms. The van der Waals surface area contributed by atoms with Crippen molar-refractivity contribution >= 4 is 0 Å². The largest absolute Gasteiger partial charge is 0.396 e. The van der Waals surface area contributed by atoms with Gasteiger partial charge in [-0.15, -0.1) is 0 Å². The Kier molecular flexibility index (Phi) is 7.09. The van der Waals surface area contributed by atoms with Gasteiger partial charge in [0, 0.05) is 13.2 Å². The summed E-state index contributed by atoms with van der Waals surface area (Å²) in [6.07, 6.45) is 2.91. The van der Waals surface area contributed by atoms with Crippen LogP contribution < -0.4 is 5.32 Å². The molecule has 1 aromatic rings. The molecule has 2 N–H and O–H groups in total. The van der Waals surface area contributed by atoms with Crippen molar-refractivity contribution in [2.75, 3.05) is 13.2 Å². The van der Waals surface area contributed by atoms with Crippen LogP contribution in [0.15, 0.2) is 18.2 Å². The fourth-order valence-corrected chi connectivity index (χ4v) is 2.17. The highest BCUT2D eigenvalue weighted by Crippen LogP contribution is 2.12. The maximum absolute atomic E-state index is 13.1. The van der Waals surface area contributed by atoms with Crippen LogP contribution in [0.25, 0.3) is 0 Å². The summed E-state index contributed by atoms with van der Waals surface area (Å²) >= 11 is 0. The lowest BCUT2D eigenvalue weighted by atomic mass is 10.00. The van der Waals surface area contributed by atoms with Gasteiger partial charge < -0.3 is 10.4 Å². The van der Waals surface area contributed by atoms with E-state index < -0.39 is 0 Å². The van der Waals surface area contributed by atoms with Crippen LogP contribution in [0, 0.1) is 23.1 Å². The molecule has 0 aliphatic carbocycles. The molecule has 1 atom stereocenters. The number of rotatable bonds is 8. The third-order valence-corrected chi connectivity index (χ3v) is 3.17. The molecule has 0 fully saturated rings. The Morgan fingerprint density at radius 2 is 2.21 bits per heavy atom. The number of hydrogen-bond donors (Lipinski definition) is 2. The number of nitriles is 1. The Labute approximate surface area is 114 Å². The zero-order chi connectivity index (χ0) is 14.1. The van der Waals surface area contributed by atoms with E-state index in [0.717, 1.165) is 25.8 Å². The van der Waals surface area contributed by atoms with E-state index in [0.29, 0.717) is 23.6 Å². The molecule has 1 aromatic carbocycles. The van der Waals surface area contributed by atoms with Gasteiger partial charge in [-0.1, -0.05) is 13.3 Å². The molecular weight excluding hydrogens is 243 g/mol. The molecule has 0 amide bonds. The Morgan fingerprint density at radius 3 is 2.84 bits per heavy atom. The van der Waals surface area contributed by atoms with Gasteiger partial charge in [0.25, 0.3) is 0 Å². The van der Waals surface area contributed by atoms with Gasteiger partial charge >= 0.3 is 0 Å². The van der Waals surface area contributed by atoms with Crippen LogP contribution in [0.2, 0.25) is 0 Å². The first-order valence-corrected chi connectivity index (χ1v) is 6.71. The fraction of sp³-hybridized carbons (Fsp3) is 0.533. The Hall–Kier alpha value is -1.44. The Morgan fingerprint density at radius 1 is 1.42 bits per heavy atom. The monoisotopic (exact) mass is 264 g/mol. The van der Waals surface area contributed by atoms with Crippen LogP contribution in [0.1, 0.15) is 37.3 Å². The summed E-state index contributed by atoms with van der Waals surface area (Å²) < 4.78 is 13.1. The van der Waals surface area contributed by atoms with Gasteiger partial charge in [-0.3, -0.25) is 0 Å². The summed E-state index contributed by atoms with van der Waals surface area (Å²) in [5, 5.41) is 21.2. The lowest BCUT2D eigenvalue weighted by molar-refractivity contribution is 0.248. The number of nitrogens with one attached hydrogen (secondary N) is 1. The quantitative estimate of drug-likeness (QED) is 0.758. The van der Waals surface area contributed by atoms with E-state index in [1.54, 1.807) is 0 Å². The Balaban J connectivity index is 2.52. The van der Waals surface area contributed by atoms with Crippen molar-refractivity contribution < 1.29 is 9.50 Å². The molecule has 0 aliphatic rings. The van der Waals surface area contributed by atoms with E-state index in [1.807, 2.05) is 0 Å². The van der Waals surface area contributed by atoms with Crippen molar-refractivity contribution in [3.63, 3.8) is 0 Å². The standard InChI is InChI=1S/C15H21FN2O/c1-2-3-12(6-7-19)10-18-11-14-8-15(16)5-4-13(14)9-17/h4-5,8,12,18-19H,2-3,6-7,10-11H2,1H3. The van der Waals surface area contributed by atoms with Gasteiger partial charge in [0.15, 0.2) is 0 Å². The van der Waals surface area contributed by atoms with Gasteiger partial charge in [-0.25, -0.2) is 4.39 Å². The van der Waals surface area contributed by atoms with Gasteiger partial charge in [0.05, 0.1) is 11.6 Å². The number of aliphatic hydroxyl groups is 1. The number of nitrogens with zero attached hydrogens (tertiary/aromatic N) is 1. The Bertz CT molecular complexity index is 423. The predicted octanol–water partition coefficient (Wildman–Crippen LogP) is 2.59. The average Bonchev–Trinajstić information content (AvgIpc) is 2.39. The molecule has 0 aromatic heterocycles. The van der Waals surface area contributed by atoms with Crippen molar-refractivity contribution in [3.05, 3.63) is 35.1 Å². The predicted molar refractivity (Wildman–Crippen MR) is 72.9 cm³/mol. The smallest absolute Gasteiger partial charge is 0.123 e. The SMILES string of the molecule is CCCC(CCO)CNCc1cc(F)ccc1C#N. The molecule has 0 saturated heterocycles. The third-order valence-electron chi connectivity index (χ3n) is 3.17. The molecule has 19 heavy (non-hydrogen) atoms. The zero-order valence-electron chi connectivity index (χ0n) is 11.3. The van der Waals surface area contributed by atoms with Crippen LogP contribution in [0.4, 0.5) is 4.39 Å². The zero-order valence-corrected chi connectivity index (χ0v) is 11.3. The number of halogens is 1. The summed E-state index contributed by atoms with van der Waals surface area (Å²) in [5.74, 6) is 0.102. The molecule has 0 heterocycles. The summed E-state index contributed by atoms with van der Waals surface area (Å²) in [4.78, 5) is 0. The maximum atomic E-state index is 13.1. The van der Waals surface area contributed by atoms with E-state index in [9.17, 15) is 4.39 Å². The van der Waals surface area contributed by atoms with Crippen molar-refractivity contribution in [1.29, 1.82) is 5.26 Å². The summed E-state index contributed by atoms with van der Waals surface area (Å²) in [6.45, 7) is 3.56. The van der Waals surface area contributed by atoms with Gasteiger partial charge in [-0.2, -0.15) is 5.26 Å². The molecule has 1 unspecified atom stereocenters. The second-order valence-electron chi connectivity index (χ2n) is 4.71. The second-order valence-corrected chi connectivity index (χ2v) is 4.71. The van der Waals surface area contributed by atoms with Gasteiger partial charge in [-0.05, 0) is 49.1 Å². The first-order chi connectivity index (χ1) is 9.21. The topological polar surface area (TPSA) is 56.0 Å². The molecular formula is C15H21FN2O. The van der Waals surface area contributed by atoms with Gasteiger partial charge in [0.1, 0.15) is 5.82 Å². The minimum atomic E-state index is -0.323. The minimum Gasteiger partial charge on any atom is -0.396 e. The minimum absolute atomic E-state index is 0.190. The summed E-state index contributed by atoms with van der Waals surface area (Å²) in [5.41, 5.74) is 1.19. The van der Waals surface area contributed by atoms with Crippen LogP contribution in [0.3, 0.4) is 0 Å². The van der Waals surface area contributed by atoms with Crippen LogP contribution >= 0.6 is 0 Å². The van der Waals surface area contributed by atoms with E-state index in [1.165, 1.54) is 18.2 Å². The highest BCUT2D eigenvalue weighted by atomic mass is 19.1. The van der Waals surface area contributed by atoms with E-state index in [4.69, 9.17) is 10.4 Å².